The van der Waals surface area contributed by atoms with Gasteiger partial charge in [-0.25, -0.2) is 0 Å². The van der Waals surface area contributed by atoms with E-state index in [1.807, 2.05) is 30.3 Å². The number of hydrogen-bond donors (Lipinski definition) is 1. The number of ether oxygens (including phenoxy) is 3. The smallest absolute Gasteiger partial charge is 0.313 e. The highest BCUT2D eigenvalue weighted by molar-refractivity contribution is 6.02. The van der Waals surface area contributed by atoms with E-state index in [9.17, 15) is 14.7 Å². The summed E-state index contributed by atoms with van der Waals surface area (Å²) >= 11 is 0. The fourth-order valence-corrected chi connectivity index (χ4v) is 5.48. The van der Waals surface area contributed by atoms with Crippen LogP contribution in [0, 0.1) is 17.3 Å². The molecule has 0 radical (unpaired) electrons. The first-order chi connectivity index (χ1) is 15.9. The summed E-state index contributed by atoms with van der Waals surface area (Å²) in [7, 11) is 3.10. The summed E-state index contributed by atoms with van der Waals surface area (Å²) in [6, 6.07) is 9.42. The maximum absolute atomic E-state index is 12.3. The number of rotatable bonds is 10. The average molecular weight is 453 g/mol. The molecule has 6 nitrogen and oxygen atoms in total. The summed E-state index contributed by atoms with van der Waals surface area (Å²) in [5.74, 6) is 1.19. The Kier molecular flexibility index (Phi) is 6.37. The number of Topliss-reactive ketones (excluding diaryl/α,β-unsaturated/α-hetero) is 1. The normalized spacial score (nSPS) is 21.1. The van der Waals surface area contributed by atoms with Crippen LogP contribution < -0.4 is 14.2 Å². The van der Waals surface area contributed by atoms with Gasteiger partial charge in [-0.05, 0) is 47.9 Å². The first-order valence-electron chi connectivity index (χ1n) is 11.7. The van der Waals surface area contributed by atoms with Gasteiger partial charge in [-0.3, -0.25) is 9.59 Å². The van der Waals surface area contributed by atoms with Crippen LogP contribution in [0.15, 0.2) is 30.3 Å². The number of aliphatic carboxylic acids is 1. The van der Waals surface area contributed by atoms with Crippen LogP contribution in [0.25, 0.3) is 11.1 Å². The molecule has 2 aliphatic rings. The van der Waals surface area contributed by atoms with Crippen molar-refractivity contribution in [2.45, 2.75) is 46.0 Å². The molecule has 1 saturated carbocycles. The third-order valence-corrected chi connectivity index (χ3v) is 7.52. The molecule has 2 aliphatic carbocycles. The molecule has 0 heterocycles. The average Bonchev–Trinajstić information content (AvgIpc) is 3.44. The van der Waals surface area contributed by atoms with E-state index >= 15 is 0 Å². The van der Waals surface area contributed by atoms with Crippen molar-refractivity contribution in [3.8, 4) is 28.4 Å². The first-order valence-corrected chi connectivity index (χ1v) is 11.7. The third kappa shape index (κ3) is 3.85. The summed E-state index contributed by atoms with van der Waals surface area (Å²) in [6.07, 6.45) is 3.69. The molecule has 0 spiro atoms. The van der Waals surface area contributed by atoms with Crippen LogP contribution in [-0.2, 0) is 11.2 Å². The van der Waals surface area contributed by atoms with Crippen LogP contribution in [0.1, 0.15) is 55.5 Å². The van der Waals surface area contributed by atoms with Gasteiger partial charge in [0.15, 0.2) is 17.3 Å². The quantitative estimate of drug-likeness (QED) is 0.519. The number of carbonyl (C=O) groups excluding carboxylic acids is 1. The maximum atomic E-state index is 12.3. The number of carboxylic acids is 1. The van der Waals surface area contributed by atoms with Gasteiger partial charge in [0.25, 0.3) is 0 Å². The summed E-state index contributed by atoms with van der Waals surface area (Å²) in [5.41, 5.74) is 2.53. The Labute approximate surface area is 194 Å². The van der Waals surface area contributed by atoms with E-state index in [2.05, 4.69) is 13.8 Å². The van der Waals surface area contributed by atoms with Gasteiger partial charge in [-0.15, -0.1) is 0 Å². The Hall–Kier alpha value is -3.02. The molecule has 0 saturated heterocycles. The second kappa shape index (κ2) is 9.08. The minimum Gasteiger partial charge on any atom is -0.493 e. The molecule has 1 N–H and O–H groups in total. The fraction of sp³-hybridized carbons (Fsp3) is 0.481. The zero-order valence-electron chi connectivity index (χ0n) is 19.8. The first kappa shape index (κ1) is 23.1. The summed E-state index contributed by atoms with van der Waals surface area (Å²) in [5, 5.41) is 10.1. The lowest BCUT2D eigenvalue weighted by Gasteiger charge is -2.22. The van der Waals surface area contributed by atoms with Crippen molar-refractivity contribution < 1.29 is 28.9 Å². The molecule has 0 bridgehead atoms. The van der Waals surface area contributed by atoms with Crippen LogP contribution in [-0.4, -0.2) is 37.7 Å². The molecule has 2 aromatic carbocycles. The zero-order chi connectivity index (χ0) is 23.8. The van der Waals surface area contributed by atoms with E-state index in [0.29, 0.717) is 42.4 Å². The topological polar surface area (TPSA) is 82.1 Å². The Morgan fingerprint density at radius 3 is 2.39 bits per heavy atom. The standard InChI is InChI=1S/C27H32O6/c1-5-16(6-2)21-14-27(21,26(29)30)15-33-24-20(11-13-23(31-3)25(24)32-4)17-8-7-9-19-18(17)10-12-22(19)28/h7-9,11,13,16,21H,5-6,10,12,14-15H2,1-4H3,(H,29,30). The third-order valence-electron chi connectivity index (χ3n) is 7.52. The van der Waals surface area contributed by atoms with E-state index in [1.165, 1.54) is 0 Å². The van der Waals surface area contributed by atoms with Crippen LogP contribution >= 0.6 is 0 Å². The molecule has 33 heavy (non-hydrogen) atoms. The molecule has 4 rings (SSSR count). The van der Waals surface area contributed by atoms with E-state index in [0.717, 1.165) is 35.1 Å². The van der Waals surface area contributed by atoms with E-state index in [1.54, 1.807) is 14.2 Å². The van der Waals surface area contributed by atoms with Crippen molar-refractivity contribution in [3.63, 3.8) is 0 Å². The van der Waals surface area contributed by atoms with E-state index < -0.39 is 11.4 Å². The molecule has 176 valence electrons. The summed E-state index contributed by atoms with van der Waals surface area (Å²) in [6.45, 7) is 4.29. The number of methoxy groups -OCH3 is 2. The highest BCUT2D eigenvalue weighted by Gasteiger charge is 2.63. The lowest BCUT2D eigenvalue weighted by atomic mass is 9.91. The van der Waals surface area contributed by atoms with Gasteiger partial charge >= 0.3 is 5.97 Å². The Bertz CT molecular complexity index is 1070. The van der Waals surface area contributed by atoms with Crippen molar-refractivity contribution in [2.24, 2.45) is 17.3 Å². The lowest BCUT2D eigenvalue weighted by Crippen LogP contribution is -2.27. The predicted octanol–water partition coefficient (Wildman–Crippen LogP) is 5.41. The Morgan fingerprint density at radius 1 is 1.03 bits per heavy atom. The van der Waals surface area contributed by atoms with E-state index in [-0.39, 0.29) is 18.3 Å². The number of fused-ring (bicyclic) bond motifs is 1. The summed E-state index contributed by atoms with van der Waals surface area (Å²) < 4.78 is 17.5. The number of hydrogen-bond acceptors (Lipinski definition) is 5. The van der Waals surface area contributed by atoms with Gasteiger partial charge in [-0.2, -0.15) is 0 Å². The monoisotopic (exact) mass is 452 g/mol. The van der Waals surface area contributed by atoms with Gasteiger partial charge < -0.3 is 19.3 Å². The second-order valence-electron chi connectivity index (χ2n) is 9.07. The molecule has 6 heteroatoms. The molecule has 2 aromatic rings. The van der Waals surface area contributed by atoms with Gasteiger partial charge in [0.1, 0.15) is 12.0 Å². The van der Waals surface area contributed by atoms with Crippen LogP contribution in [0.4, 0.5) is 0 Å². The van der Waals surface area contributed by atoms with Gasteiger partial charge in [-0.1, -0.05) is 44.9 Å². The fourth-order valence-electron chi connectivity index (χ4n) is 5.48. The Balaban J connectivity index is 1.76. The van der Waals surface area contributed by atoms with Crippen molar-refractivity contribution >= 4 is 11.8 Å². The molecule has 0 amide bonds. The second-order valence-corrected chi connectivity index (χ2v) is 9.07. The van der Waals surface area contributed by atoms with E-state index in [4.69, 9.17) is 14.2 Å². The SMILES string of the molecule is CCC(CC)C1CC1(COc1c(-c2cccc3c2CCC3=O)ccc(OC)c1OC)C(=O)O. The molecular formula is C27H32O6. The highest BCUT2D eigenvalue weighted by atomic mass is 16.5. The summed E-state index contributed by atoms with van der Waals surface area (Å²) in [4.78, 5) is 24.6. The Morgan fingerprint density at radius 2 is 1.76 bits per heavy atom. The highest BCUT2D eigenvalue weighted by Crippen LogP contribution is 2.59. The molecule has 0 aromatic heterocycles. The largest absolute Gasteiger partial charge is 0.493 e. The lowest BCUT2D eigenvalue weighted by molar-refractivity contribution is -0.145. The molecule has 2 unspecified atom stereocenters. The van der Waals surface area contributed by atoms with Crippen LogP contribution in [0.3, 0.4) is 0 Å². The number of carbonyl (C=O) groups is 2. The minimum absolute atomic E-state index is 0.0635. The number of ketones is 1. The predicted molar refractivity (Wildman–Crippen MR) is 125 cm³/mol. The van der Waals surface area contributed by atoms with Crippen LogP contribution in [0.2, 0.25) is 0 Å². The van der Waals surface area contributed by atoms with Gasteiger partial charge in [0, 0.05) is 17.5 Å². The molecular weight excluding hydrogens is 420 g/mol. The van der Waals surface area contributed by atoms with Gasteiger partial charge in [0.2, 0.25) is 5.75 Å². The van der Waals surface area contributed by atoms with Crippen LogP contribution in [0.5, 0.6) is 17.2 Å². The molecule has 0 aliphatic heterocycles. The number of benzene rings is 2. The minimum atomic E-state index is -0.892. The number of carboxylic acid groups (broad SMARTS) is 1. The molecule has 1 fully saturated rings. The van der Waals surface area contributed by atoms with Gasteiger partial charge in [0.05, 0.1) is 14.2 Å². The van der Waals surface area contributed by atoms with Crippen molar-refractivity contribution in [1.82, 2.24) is 0 Å². The maximum Gasteiger partial charge on any atom is 0.313 e. The zero-order valence-corrected chi connectivity index (χ0v) is 19.8. The van der Waals surface area contributed by atoms with Crippen molar-refractivity contribution in [3.05, 3.63) is 41.5 Å². The molecule has 2 atom stereocenters. The van der Waals surface area contributed by atoms with Crippen molar-refractivity contribution in [1.29, 1.82) is 0 Å². The van der Waals surface area contributed by atoms with Crippen molar-refractivity contribution in [2.75, 3.05) is 20.8 Å².